The number of nitrogens with zero attached hydrogens (tertiary/aromatic N) is 1. The van der Waals surface area contributed by atoms with E-state index in [2.05, 4.69) is 25.9 Å². The number of benzene rings is 2. The second-order valence-corrected chi connectivity index (χ2v) is 9.60. The van der Waals surface area contributed by atoms with Crippen LogP contribution in [0.2, 0.25) is 5.15 Å². The van der Waals surface area contributed by atoms with Gasteiger partial charge in [0.15, 0.2) is 0 Å². The van der Waals surface area contributed by atoms with Crippen LogP contribution in [0.5, 0.6) is 0 Å². The molecule has 0 aliphatic carbocycles. The third kappa shape index (κ3) is 7.47. The Morgan fingerprint density at radius 3 is 2.63 bits per heavy atom. The molecule has 0 saturated carbocycles. The molecular formula is C28H28ClF2N5O5. The lowest BCUT2D eigenvalue weighted by atomic mass is 10.1. The van der Waals surface area contributed by atoms with Crippen LogP contribution in [0.3, 0.4) is 0 Å². The van der Waals surface area contributed by atoms with Crippen molar-refractivity contribution in [2.45, 2.75) is 32.2 Å². The number of aromatic amines is 1. The fraction of sp³-hybridized carbons (Fsp3) is 0.286. The van der Waals surface area contributed by atoms with Crippen LogP contribution in [0, 0.1) is 18.6 Å². The fourth-order valence-electron chi connectivity index (χ4n) is 4.18. The van der Waals surface area contributed by atoms with E-state index >= 15 is 0 Å². The van der Waals surface area contributed by atoms with E-state index in [1.807, 2.05) is 0 Å². The van der Waals surface area contributed by atoms with Crippen LogP contribution in [-0.2, 0) is 14.3 Å². The van der Waals surface area contributed by atoms with Crippen LogP contribution in [0.15, 0.2) is 42.5 Å². The van der Waals surface area contributed by atoms with Gasteiger partial charge in [-0.1, -0.05) is 23.8 Å². The second kappa shape index (κ2) is 13.4. The first-order valence-corrected chi connectivity index (χ1v) is 13.1. The molecule has 2 bridgehead atoms. The number of H-pyrrole nitrogens is 1. The molecule has 0 saturated heterocycles. The second-order valence-electron chi connectivity index (χ2n) is 9.22. The molecule has 0 spiro atoms. The summed E-state index contributed by atoms with van der Waals surface area (Å²) >= 11 is 6.51. The minimum Gasteiger partial charge on any atom is -0.447 e. The highest BCUT2D eigenvalue weighted by Crippen LogP contribution is 2.35. The molecule has 4 rings (SSSR count). The fourth-order valence-corrected chi connectivity index (χ4v) is 4.42. The lowest BCUT2D eigenvalue weighted by Crippen LogP contribution is -2.30. The zero-order chi connectivity index (χ0) is 29.5. The summed E-state index contributed by atoms with van der Waals surface area (Å²) in [5, 5.41) is 8.14. The molecule has 13 heteroatoms. The van der Waals surface area contributed by atoms with Crippen molar-refractivity contribution in [3.63, 3.8) is 0 Å². The van der Waals surface area contributed by atoms with Gasteiger partial charge in [0.1, 0.15) is 40.5 Å². The SMILES string of the molecule is COCCOC(=O)Nc1ccc2c(c1)NC(=O)CC/C=C\C[C@H](NC(=O)c1c(F)cc(C)cc1F)c1nc-2c(Cl)[nH]1. The number of imidazole rings is 1. The molecule has 216 valence electrons. The highest BCUT2D eigenvalue weighted by Gasteiger charge is 2.25. The summed E-state index contributed by atoms with van der Waals surface area (Å²) in [5.74, 6) is -2.98. The normalized spacial score (nSPS) is 15.8. The van der Waals surface area contributed by atoms with Crippen LogP contribution in [0.1, 0.15) is 47.1 Å². The molecule has 41 heavy (non-hydrogen) atoms. The Labute approximate surface area is 239 Å². The van der Waals surface area contributed by atoms with E-state index in [-0.39, 0.29) is 48.6 Å². The van der Waals surface area contributed by atoms with E-state index < -0.39 is 35.2 Å². The first kappa shape index (κ1) is 29.7. The van der Waals surface area contributed by atoms with Gasteiger partial charge in [-0.05, 0) is 55.7 Å². The Morgan fingerprint density at radius 2 is 1.90 bits per heavy atom. The van der Waals surface area contributed by atoms with Gasteiger partial charge in [0.05, 0.1) is 18.3 Å². The van der Waals surface area contributed by atoms with Crippen LogP contribution in [0.4, 0.5) is 25.0 Å². The van der Waals surface area contributed by atoms with Gasteiger partial charge in [0.2, 0.25) is 5.91 Å². The Morgan fingerprint density at radius 1 is 1.15 bits per heavy atom. The summed E-state index contributed by atoms with van der Waals surface area (Å²) in [6.45, 7) is 1.81. The van der Waals surface area contributed by atoms with Gasteiger partial charge >= 0.3 is 6.09 Å². The molecule has 1 aliphatic rings. The lowest BCUT2D eigenvalue weighted by Gasteiger charge is -2.16. The maximum atomic E-state index is 14.5. The van der Waals surface area contributed by atoms with Gasteiger partial charge in [-0.25, -0.2) is 18.6 Å². The molecule has 0 radical (unpaired) electrons. The monoisotopic (exact) mass is 587 g/mol. The molecule has 2 heterocycles. The van der Waals surface area contributed by atoms with Crippen molar-refractivity contribution in [1.82, 2.24) is 15.3 Å². The number of methoxy groups -OCH3 is 1. The van der Waals surface area contributed by atoms with Crippen molar-refractivity contribution in [2.24, 2.45) is 0 Å². The van der Waals surface area contributed by atoms with E-state index in [0.717, 1.165) is 12.1 Å². The average Bonchev–Trinajstić information content (AvgIpc) is 3.28. The number of hydrogen-bond donors (Lipinski definition) is 4. The van der Waals surface area contributed by atoms with Gasteiger partial charge in [0, 0.05) is 24.8 Å². The van der Waals surface area contributed by atoms with Crippen LogP contribution >= 0.6 is 11.6 Å². The molecular weight excluding hydrogens is 560 g/mol. The molecule has 2 aromatic carbocycles. The largest absolute Gasteiger partial charge is 0.447 e. The molecule has 10 nitrogen and oxygen atoms in total. The molecule has 1 atom stereocenters. The molecule has 1 aromatic heterocycles. The van der Waals surface area contributed by atoms with E-state index in [1.165, 1.54) is 20.1 Å². The zero-order valence-corrected chi connectivity index (χ0v) is 23.0. The number of fused-ring (bicyclic) bond motifs is 4. The predicted molar refractivity (Wildman–Crippen MR) is 149 cm³/mol. The number of ether oxygens (including phenoxy) is 2. The van der Waals surface area contributed by atoms with Crippen LogP contribution in [0.25, 0.3) is 11.3 Å². The quantitative estimate of drug-likeness (QED) is 0.217. The van der Waals surface area contributed by atoms with E-state index in [0.29, 0.717) is 28.9 Å². The minimum absolute atomic E-state index is 0.0596. The molecule has 4 N–H and O–H groups in total. The zero-order valence-electron chi connectivity index (χ0n) is 22.3. The first-order valence-electron chi connectivity index (χ1n) is 12.7. The molecule has 3 aromatic rings. The van der Waals surface area contributed by atoms with Crippen molar-refractivity contribution < 1.29 is 32.6 Å². The number of hydrogen-bond acceptors (Lipinski definition) is 6. The van der Waals surface area contributed by atoms with Crippen molar-refractivity contribution in [3.8, 4) is 11.3 Å². The van der Waals surface area contributed by atoms with E-state index in [1.54, 1.807) is 24.3 Å². The number of carbonyl (C=O) groups is 3. The Hall–Kier alpha value is -4.29. The number of halogens is 3. The summed E-state index contributed by atoms with van der Waals surface area (Å²) in [6.07, 6.45) is 3.51. The van der Waals surface area contributed by atoms with Gasteiger partial charge in [-0.15, -0.1) is 0 Å². The maximum absolute atomic E-state index is 14.5. The number of aryl methyl sites for hydroxylation is 1. The van der Waals surface area contributed by atoms with Crippen molar-refractivity contribution in [3.05, 3.63) is 76.2 Å². The number of allylic oxidation sites excluding steroid dienone is 1. The van der Waals surface area contributed by atoms with Gasteiger partial charge in [-0.3, -0.25) is 14.9 Å². The van der Waals surface area contributed by atoms with E-state index in [4.69, 9.17) is 21.1 Å². The van der Waals surface area contributed by atoms with Gasteiger partial charge in [0.25, 0.3) is 5.91 Å². The molecule has 0 fully saturated rings. The standard InChI is InChI=1S/C28H28ClF2N5O5/c1-15-12-18(30)23(19(31)13-15)27(38)34-20-6-4-3-5-7-22(37)33-21-14-16(32-28(39)41-11-10-40-2)8-9-17(21)24-25(29)36-26(20)35-24/h3-4,8-9,12-14,20H,5-7,10-11H2,1-2H3,(H,32,39)(H,33,37)(H,34,38)(H,35,36)/b4-3-/t20-/m0/s1. The summed E-state index contributed by atoms with van der Waals surface area (Å²) in [7, 11) is 1.48. The number of nitrogens with one attached hydrogen (secondary N) is 4. The van der Waals surface area contributed by atoms with Crippen molar-refractivity contribution in [1.29, 1.82) is 0 Å². The smallest absolute Gasteiger partial charge is 0.411 e. The number of rotatable bonds is 6. The Kier molecular flexibility index (Phi) is 9.69. The van der Waals surface area contributed by atoms with E-state index in [9.17, 15) is 23.2 Å². The average molecular weight is 588 g/mol. The first-order chi connectivity index (χ1) is 19.7. The lowest BCUT2D eigenvalue weighted by molar-refractivity contribution is -0.116. The number of amides is 3. The van der Waals surface area contributed by atoms with Gasteiger partial charge < -0.3 is 25.1 Å². The van der Waals surface area contributed by atoms with Crippen molar-refractivity contribution in [2.75, 3.05) is 31.0 Å². The summed E-state index contributed by atoms with van der Waals surface area (Å²) in [6, 6.07) is 6.04. The third-order valence-corrected chi connectivity index (χ3v) is 6.39. The maximum Gasteiger partial charge on any atom is 0.411 e. The topological polar surface area (TPSA) is 134 Å². The molecule has 3 amide bonds. The summed E-state index contributed by atoms with van der Waals surface area (Å²) in [4.78, 5) is 45.2. The van der Waals surface area contributed by atoms with Gasteiger partial charge in [-0.2, -0.15) is 0 Å². The predicted octanol–water partition coefficient (Wildman–Crippen LogP) is 5.66. The van der Waals surface area contributed by atoms with Crippen LogP contribution < -0.4 is 16.0 Å². The Bertz CT molecular complexity index is 1470. The molecule has 0 unspecified atom stereocenters. The summed E-state index contributed by atoms with van der Waals surface area (Å²) < 4.78 is 38.9. The number of anilines is 2. The van der Waals surface area contributed by atoms with Crippen molar-refractivity contribution >= 4 is 40.9 Å². The highest BCUT2D eigenvalue weighted by atomic mass is 35.5. The summed E-state index contributed by atoms with van der Waals surface area (Å²) in [5.41, 5.74) is 0.971. The Balaban J connectivity index is 1.67. The van der Waals surface area contributed by atoms with Crippen LogP contribution in [-0.4, -0.2) is 48.2 Å². The third-order valence-electron chi connectivity index (χ3n) is 6.12. The highest BCUT2D eigenvalue weighted by molar-refractivity contribution is 6.32. The minimum atomic E-state index is -0.983. The number of carbonyl (C=O) groups excluding carboxylic acids is 3. The number of aromatic nitrogens is 2. The molecule has 1 aliphatic heterocycles.